The van der Waals surface area contributed by atoms with Crippen LogP contribution in [0.5, 0.6) is 0 Å². The van der Waals surface area contributed by atoms with E-state index < -0.39 is 0 Å². The van der Waals surface area contributed by atoms with E-state index in [0.29, 0.717) is 6.54 Å². The Balaban J connectivity index is 1.79. The first-order valence-corrected chi connectivity index (χ1v) is 6.84. The van der Waals surface area contributed by atoms with Gasteiger partial charge in [-0.25, -0.2) is 4.98 Å². The molecule has 0 aliphatic heterocycles. The van der Waals surface area contributed by atoms with E-state index in [1.807, 2.05) is 42.5 Å². The summed E-state index contributed by atoms with van der Waals surface area (Å²) in [7, 11) is 0. The molecule has 3 aromatic rings. The molecule has 0 saturated carbocycles. The lowest BCUT2D eigenvalue weighted by molar-refractivity contribution is 0.0945. The van der Waals surface area contributed by atoms with Crippen LogP contribution in [0.15, 0.2) is 54.9 Å². The smallest absolute Gasteiger partial charge is 0.271 e. The number of hydrogen-bond donors (Lipinski definition) is 1. The van der Waals surface area contributed by atoms with Gasteiger partial charge in [-0.05, 0) is 16.3 Å². The molecule has 3 rings (SSSR count). The second kappa shape index (κ2) is 5.89. The minimum atomic E-state index is -0.294. The maximum atomic E-state index is 12.0. The van der Waals surface area contributed by atoms with Crippen LogP contribution in [0.2, 0.25) is 5.15 Å². The zero-order valence-corrected chi connectivity index (χ0v) is 11.8. The summed E-state index contributed by atoms with van der Waals surface area (Å²) >= 11 is 5.73. The first kappa shape index (κ1) is 13.5. The van der Waals surface area contributed by atoms with Gasteiger partial charge in [0.15, 0.2) is 0 Å². The van der Waals surface area contributed by atoms with E-state index in [-0.39, 0.29) is 16.8 Å². The van der Waals surface area contributed by atoms with E-state index in [0.717, 1.165) is 16.3 Å². The van der Waals surface area contributed by atoms with Gasteiger partial charge in [-0.2, -0.15) is 0 Å². The quantitative estimate of drug-likeness (QED) is 0.807. The maximum absolute atomic E-state index is 12.0. The molecule has 2 aromatic carbocycles. The summed E-state index contributed by atoms with van der Waals surface area (Å²) in [4.78, 5) is 19.8. The number of nitrogens with zero attached hydrogens (tertiary/aromatic N) is 2. The Morgan fingerprint density at radius 3 is 2.76 bits per heavy atom. The summed E-state index contributed by atoms with van der Waals surface area (Å²) in [6.07, 6.45) is 2.79. The fourth-order valence-corrected chi connectivity index (χ4v) is 2.31. The van der Waals surface area contributed by atoms with E-state index in [2.05, 4.69) is 15.3 Å². The minimum Gasteiger partial charge on any atom is -0.347 e. The molecular weight excluding hydrogens is 286 g/mol. The van der Waals surface area contributed by atoms with Crippen LogP contribution in [-0.4, -0.2) is 15.9 Å². The van der Waals surface area contributed by atoms with Gasteiger partial charge in [0.05, 0.1) is 12.4 Å². The number of rotatable bonds is 3. The number of amides is 1. The Morgan fingerprint density at radius 1 is 1.10 bits per heavy atom. The Kier molecular flexibility index (Phi) is 3.79. The zero-order valence-electron chi connectivity index (χ0n) is 11.1. The molecule has 0 bridgehead atoms. The van der Waals surface area contributed by atoms with Gasteiger partial charge in [-0.1, -0.05) is 54.1 Å². The molecule has 104 valence electrons. The molecule has 1 amide bonds. The lowest BCUT2D eigenvalue weighted by atomic mass is 10.0. The van der Waals surface area contributed by atoms with Crippen LogP contribution < -0.4 is 5.32 Å². The van der Waals surface area contributed by atoms with Crippen molar-refractivity contribution in [3.8, 4) is 0 Å². The van der Waals surface area contributed by atoms with Crippen LogP contribution in [0.25, 0.3) is 10.8 Å². The lowest BCUT2D eigenvalue weighted by Gasteiger charge is -2.08. The second-order valence-electron chi connectivity index (χ2n) is 4.55. The first-order chi connectivity index (χ1) is 10.2. The number of carbonyl (C=O) groups excluding carboxylic acids is 1. The molecule has 4 nitrogen and oxygen atoms in total. The van der Waals surface area contributed by atoms with Gasteiger partial charge < -0.3 is 5.32 Å². The fourth-order valence-electron chi connectivity index (χ4n) is 2.16. The van der Waals surface area contributed by atoms with Gasteiger partial charge in [-0.3, -0.25) is 9.78 Å². The van der Waals surface area contributed by atoms with Gasteiger partial charge in [0, 0.05) is 6.54 Å². The predicted molar refractivity (Wildman–Crippen MR) is 82.2 cm³/mol. The van der Waals surface area contributed by atoms with Gasteiger partial charge >= 0.3 is 0 Å². The van der Waals surface area contributed by atoms with Crippen LogP contribution in [0.3, 0.4) is 0 Å². The first-order valence-electron chi connectivity index (χ1n) is 6.46. The summed E-state index contributed by atoms with van der Waals surface area (Å²) in [5, 5.41) is 5.30. The van der Waals surface area contributed by atoms with E-state index in [4.69, 9.17) is 11.6 Å². The van der Waals surface area contributed by atoms with Crippen molar-refractivity contribution in [2.45, 2.75) is 6.54 Å². The molecule has 0 unspecified atom stereocenters. The highest BCUT2D eigenvalue weighted by Gasteiger charge is 2.09. The van der Waals surface area contributed by atoms with Crippen molar-refractivity contribution in [1.82, 2.24) is 15.3 Å². The number of carbonyl (C=O) groups is 1. The van der Waals surface area contributed by atoms with E-state index in [9.17, 15) is 4.79 Å². The Morgan fingerprint density at radius 2 is 1.90 bits per heavy atom. The van der Waals surface area contributed by atoms with Gasteiger partial charge in [0.25, 0.3) is 5.91 Å². The van der Waals surface area contributed by atoms with Crippen LogP contribution in [-0.2, 0) is 6.54 Å². The van der Waals surface area contributed by atoms with Crippen LogP contribution in [0, 0.1) is 0 Å². The maximum Gasteiger partial charge on any atom is 0.271 e. The van der Waals surface area contributed by atoms with E-state index in [1.165, 1.54) is 12.4 Å². The molecule has 0 spiro atoms. The summed E-state index contributed by atoms with van der Waals surface area (Å²) < 4.78 is 0. The summed E-state index contributed by atoms with van der Waals surface area (Å²) in [6.45, 7) is 0.425. The Bertz CT molecular complexity index is 799. The third-order valence-electron chi connectivity index (χ3n) is 3.16. The van der Waals surface area contributed by atoms with Crippen LogP contribution in [0.1, 0.15) is 16.1 Å². The van der Waals surface area contributed by atoms with E-state index in [1.54, 1.807) is 0 Å². The largest absolute Gasteiger partial charge is 0.347 e. The average molecular weight is 298 g/mol. The molecule has 1 aromatic heterocycles. The molecule has 0 aliphatic rings. The molecule has 21 heavy (non-hydrogen) atoms. The highest BCUT2D eigenvalue weighted by atomic mass is 35.5. The number of fused-ring (bicyclic) bond motifs is 1. The van der Waals surface area contributed by atoms with Gasteiger partial charge in [-0.15, -0.1) is 0 Å². The molecule has 0 saturated heterocycles. The molecule has 0 fully saturated rings. The van der Waals surface area contributed by atoms with Crippen molar-refractivity contribution in [2.24, 2.45) is 0 Å². The molecule has 1 heterocycles. The van der Waals surface area contributed by atoms with Gasteiger partial charge in [0.1, 0.15) is 10.8 Å². The van der Waals surface area contributed by atoms with E-state index >= 15 is 0 Å². The van der Waals surface area contributed by atoms with Crippen LogP contribution >= 0.6 is 11.6 Å². The molecular formula is C16H12ClN3O. The predicted octanol–water partition coefficient (Wildman–Crippen LogP) is 3.21. The zero-order chi connectivity index (χ0) is 14.7. The Labute approximate surface area is 126 Å². The average Bonchev–Trinajstić information content (AvgIpc) is 2.52. The van der Waals surface area contributed by atoms with Crippen molar-refractivity contribution in [3.05, 3.63) is 71.3 Å². The molecule has 0 atom stereocenters. The second-order valence-corrected chi connectivity index (χ2v) is 4.94. The minimum absolute atomic E-state index is 0.202. The topological polar surface area (TPSA) is 54.9 Å². The summed E-state index contributed by atoms with van der Waals surface area (Å²) in [6, 6.07) is 14.1. The normalized spacial score (nSPS) is 10.5. The van der Waals surface area contributed by atoms with Crippen LogP contribution in [0.4, 0.5) is 0 Å². The molecule has 0 radical (unpaired) electrons. The van der Waals surface area contributed by atoms with Crippen molar-refractivity contribution in [3.63, 3.8) is 0 Å². The van der Waals surface area contributed by atoms with Gasteiger partial charge in [0.2, 0.25) is 0 Å². The third-order valence-corrected chi connectivity index (χ3v) is 3.34. The van der Waals surface area contributed by atoms with Crippen molar-refractivity contribution >= 4 is 28.3 Å². The monoisotopic (exact) mass is 297 g/mol. The molecule has 5 heteroatoms. The highest BCUT2D eigenvalue weighted by molar-refractivity contribution is 6.29. The molecule has 0 aliphatic carbocycles. The lowest BCUT2D eigenvalue weighted by Crippen LogP contribution is -2.24. The highest BCUT2D eigenvalue weighted by Crippen LogP contribution is 2.18. The third kappa shape index (κ3) is 3.01. The Hall–Kier alpha value is -2.46. The summed E-state index contributed by atoms with van der Waals surface area (Å²) in [5.41, 5.74) is 1.26. The number of nitrogens with one attached hydrogen (secondary N) is 1. The van der Waals surface area contributed by atoms with Crippen molar-refractivity contribution in [1.29, 1.82) is 0 Å². The number of hydrogen-bond acceptors (Lipinski definition) is 3. The number of aromatic nitrogens is 2. The number of halogens is 1. The fraction of sp³-hybridized carbons (Fsp3) is 0.0625. The standard InChI is InChI=1S/C16H12ClN3O/c17-15-10-18-9-14(20-15)16(21)19-8-12-6-3-5-11-4-1-2-7-13(11)12/h1-7,9-10H,8H2,(H,19,21). The van der Waals surface area contributed by atoms with Crippen molar-refractivity contribution in [2.75, 3.05) is 0 Å². The van der Waals surface area contributed by atoms with Crippen molar-refractivity contribution < 1.29 is 4.79 Å². The SMILES string of the molecule is O=C(NCc1cccc2ccccc12)c1cncc(Cl)n1. The molecule has 1 N–H and O–H groups in total. The summed E-state index contributed by atoms with van der Waals surface area (Å²) in [5.74, 6) is -0.294. The number of benzene rings is 2.